The van der Waals surface area contributed by atoms with Crippen molar-refractivity contribution < 1.29 is 18.7 Å². The van der Waals surface area contributed by atoms with Crippen molar-refractivity contribution >= 4 is 17.6 Å². The summed E-state index contributed by atoms with van der Waals surface area (Å²) in [7, 11) is 0. The quantitative estimate of drug-likeness (QED) is 0.466. The van der Waals surface area contributed by atoms with Crippen LogP contribution in [0.4, 0.5) is 10.1 Å². The van der Waals surface area contributed by atoms with Gasteiger partial charge in [0, 0.05) is 24.1 Å². The molecule has 0 unspecified atom stereocenters. The van der Waals surface area contributed by atoms with E-state index < -0.39 is 5.82 Å². The predicted octanol–water partition coefficient (Wildman–Crippen LogP) is 5.48. The molecule has 0 aliphatic carbocycles. The summed E-state index contributed by atoms with van der Waals surface area (Å²) in [6.45, 7) is 2.42. The van der Waals surface area contributed by atoms with Crippen molar-refractivity contribution in [2.75, 3.05) is 18.1 Å². The first kappa shape index (κ1) is 21.2. The van der Waals surface area contributed by atoms with Crippen molar-refractivity contribution in [1.29, 1.82) is 0 Å². The molecule has 0 aliphatic rings. The van der Waals surface area contributed by atoms with E-state index >= 15 is 0 Å². The molecule has 0 bridgehead atoms. The van der Waals surface area contributed by atoms with E-state index in [2.05, 4.69) is 0 Å². The number of carbonyl (C=O) groups excluding carboxylic acids is 2. The Labute approximate surface area is 175 Å². The van der Waals surface area contributed by atoms with Crippen LogP contribution in [0, 0.1) is 5.82 Å². The molecule has 0 saturated heterocycles. The number of anilines is 1. The van der Waals surface area contributed by atoms with E-state index in [1.54, 1.807) is 11.8 Å². The van der Waals surface area contributed by atoms with Crippen molar-refractivity contribution in [3.05, 3.63) is 90.2 Å². The minimum Gasteiger partial charge on any atom is -0.466 e. The van der Waals surface area contributed by atoms with Crippen LogP contribution in [0.3, 0.4) is 0 Å². The van der Waals surface area contributed by atoms with E-state index in [1.165, 1.54) is 24.3 Å². The Bertz CT molecular complexity index is 987. The van der Waals surface area contributed by atoms with Crippen molar-refractivity contribution in [3.8, 4) is 11.1 Å². The minimum atomic E-state index is -0.398. The molecule has 1 amide bonds. The molecule has 5 heteroatoms. The van der Waals surface area contributed by atoms with Crippen molar-refractivity contribution in [2.24, 2.45) is 0 Å². The summed E-state index contributed by atoms with van der Waals surface area (Å²) in [4.78, 5) is 26.7. The van der Waals surface area contributed by atoms with Gasteiger partial charge in [0.1, 0.15) is 5.82 Å². The molecule has 0 N–H and O–H groups in total. The molecular formula is C25H24FNO3. The van der Waals surface area contributed by atoms with Crippen LogP contribution in [0.2, 0.25) is 0 Å². The van der Waals surface area contributed by atoms with Gasteiger partial charge in [0.05, 0.1) is 12.3 Å². The normalized spacial score (nSPS) is 10.5. The van der Waals surface area contributed by atoms with Gasteiger partial charge in [-0.1, -0.05) is 48.5 Å². The summed E-state index contributed by atoms with van der Waals surface area (Å²) < 4.78 is 18.3. The molecular weight excluding hydrogens is 381 g/mol. The molecule has 0 saturated carbocycles. The van der Waals surface area contributed by atoms with Gasteiger partial charge in [-0.25, -0.2) is 4.39 Å². The molecule has 0 atom stereocenters. The Morgan fingerprint density at radius 2 is 1.57 bits per heavy atom. The lowest BCUT2D eigenvalue weighted by atomic mass is 10.0. The number of esters is 1. The second-order valence-electron chi connectivity index (χ2n) is 6.76. The van der Waals surface area contributed by atoms with Gasteiger partial charge in [0.2, 0.25) is 0 Å². The van der Waals surface area contributed by atoms with Crippen LogP contribution in [-0.2, 0) is 9.53 Å². The summed E-state index contributed by atoms with van der Waals surface area (Å²) in [5, 5.41) is 0. The number of halogens is 1. The standard InChI is InChI=1S/C25H24FNO3/c1-2-30-24(28)13-8-18-27(25(29)20-14-16-21(26)17-15-20)23-12-7-6-11-22(23)19-9-4-3-5-10-19/h3-7,9-12,14-17H,2,8,13,18H2,1H3. The molecule has 4 nitrogen and oxygen atoms in total. The number of benzene rings is 3. The third-order valence-electron chi connectivity index (χ3n) is 4.68. The largest absolute Gasteiger partial charge is 0.466 e. The maximum Gasteiger partial charge on any atom is 0.305 e. The predicted molar refractivity (Wildman–Crippen MR) is 116 cm³/mol. The summed E-state index contributed by atoms with van der Waals surface area (Å²) in [5.41, 5.74) is 3.01. The van der Waals surface area contributed by atoms with E-state index in [-0.39, 0.29) is 18.3 Å². The highest BCUT2D eigenvalue weighted by Gasteiger charge is 2.21. The number of carbonyl (C=O) groups is 2. The van der Waals surface area contributed by atoms with Crippen LogP contribution in [0.25, 0.3) is 11.1 Å². The number of hydrogen-bond acceptors (Lipinski definition) is 3. The Hall–Kier alpha value is -3.47. The third kappa shape index (κ3) is 5.32. The molecule has 0 radical (unpaired) electrons. The average molecular weight is 405 g/mol. The van der Waals surface area contributed by atoms with Crippen LogP contribution < -0.4 is 4.90 Å². The first-order valence-electron chi connectivity index (χ1n) is 9.97. The molecule has 0 aromatic heterocycles. The van der Waals surface area contributed by atoms with Crippen LogP contribution in [0.1, 0.15) is 30.1 Å². The van der Waals surface area contributed by atoms with Gasteiger partial charge in [0.25, 0.3) is 5.91 Å². The summed E-state index contributed by atoms with van der Waals surface area (Å²) in [5.74, 6) is -0.935. The Kier molecular flexibility index (Phi) is 7.33. The molecule has 3 aromatic rings. The second-order valence-corrected chi connectivity index (χ2v) is 6.76. The number of amides is 1. The summed E-state index contributed by atoms with van der Waals surface area (Å²) in [6, 6.07) is 22.9. The average Bonchev–Trinajstić information content (AvgIpc) is 2.78. The van der Waals surface area contributed by atoms with Gasteiger partial charge in [-0.15, -0.1) is 0 Å². The highest BCUT2D eigenvalue weighted by molar-refractivity contribution is 6.08. The van der Waals surface area contributed by atoms with Crippen molar-refractivity contribution in [3.63, 3.8) is 0 Å². The van der Waals surface area contributed by atoms with Crippen LogP contribution in [0.15, 0.2) is 78.9 Å². The molecule has 154 valence electrons. The number of rotatable bonds is 8. The van der Waals surface area contributed by atoms with E-state index in [9.17, 15) is 14.0 Å². The van der Waals surface area contributed by atoms with Crippen LogP contribution in [0.5, 0.6) is 0 Å². The van der Waals surface area contributed by atoms with Crippen molar-refractivity contribution in [1.82, 2.24) is 0 Å². The van der Waals surface area contributed by atoms with E-state index in [1.807, 2.05) is 54.6 Å². The zero-order chi connectivity index (χ0) is 21.3. The van der Waals surface area contributed by atoms with Gasteiger partial charge in [-0.3, -0.25) is 9.59 Å². The van der Waals surface area contributed by atoms with Crippen LogP contribution >= 0.6 is 0 Å². The van der Waals surface area contributed by atoms with E-state index in [4.69, 9.17) is 4.74 Å². The first-order chi connectivity index (χ1) is 14.6. The van der Waals surface area contributed by atoms with Crippen molar-refractivity contribution in [2.45, 2.75) is 19.8 Å². The van der Waals surface area contributed by atoms with Gasteiger partial charge in [0.15, 0.2) is 0 Å². The summed E-state index contributed by atoms with van der Waals surface area (Å²) in [6.07, 6.45) is 0.670. The smallest absolute Gasteiger partial charge is 0.305 e. The van der Waals surface area contributed by atoms with Gasteiger partial charge in [-0.05, 0) is 49.2 Å². The number of ether oxygens (including phenoxy) is 1. The maximum atomic E-state index is 13.3. The number of nitrogens with zero attached hydrogens (tertiary/aromatic N) is 1. The van der Waals surface area contributed by atoms with E-state index in [0.29, 0.717) is 25.1 Å². The Morgan fingerprint density at radius 1 is 0.900 bits per heavy atom. The lowest BCUT2D eigenvalue weighted by molar-refractivity contribution is -0.143. The minimum absolute atomic E-state index is 0.217. The van der Waals surface area contributed by atoms with E-state index in [0.717, 1.165) is 16.8 Å². The summed E-state index contributed by atoms with van der Waals surface area (Å²) >= 11 is 0. The molecule has 30 heavy (non-hydrogen) atoms. The zero-order valence-electron chi connectivity index (χ0n) is 16.9. The fourth-order valence-electron chi connectivity index (χ4n) is 3.27. The molecule has 3 rings (SSSR count). The fraction of sp³-hybridized carbons (Fsp3) is 0.200. The topological polar surface area (TPSA) is 46.6 Å². The number of hydrogen-bond donors (Lipinski definition) is 0. The SMILES string of the molecule is CCOC(=O)CCCN(C(=O)c1ccc(F)cc1)c1ccccc1-c1ccccc1. The molecule has 0 heterocycles. The van der Waals surface area contributed by atoms with Gasteiger partial charge >= 0.3 is 5.97 Å². The Balaban J connectivity index is 1.94. The fourth-order valence-corrected chi connectivity index (χ4v) is 3.27. The van der Waals surface area contributed by atoms with Crippen LogP contribution in [-0.4, -0.2) is 25.0 Å². The first-order valence-corrected chi connectivity index (χ1v) is 9.97. The second kappa shape index (κ2) is 10.3. The van der Waals surface area contributed by atoms with Gasteiger partial charge < -0.3 is 9.64 Å². The molecule has 0 aliphatic heterocycles. The Morgan fingerprint density at radius 3 is 2.27 bits per heavy atom. The number of para-hydroxylation sites is 1. The maximum absolute atomic E-state index is 13.3. The third-order valence-corrected chi connectivity index (χ3v) is 4.68. The lowest BCUT2D eigenvalue weighted by Crippen LogP contribution is -2.32. The molecule has 0 spiro atoms. The highest BCUT2D eigenvalue weighted by atomic mass is 19.1. The molecule has 0 fully saturated rings. The highest BCUT2D eigenvalue weighted by Crippen LogP contribution is 2.32. The monoisotopic (exact) mass is 405 g/mol. The lowest BCUT2D eigenvalue weighted by Gasteiger charge is -2.25. The van der Waals surface area contributed by atoms with Gasteiger partial charge in [-0.2, -0.15) is 0 Å². The zero-order valence-corrected chi connectivity index (χ0v) is 16.9. The molecule has 3 aromatic carbocycles.